The zero-order valence-corrected chi connectivity index (χ0v) is 14.0. The molecule has 1 atom stereocenters. The van der Waals surface area contributed by atoms with Gasteiger partial charge in [0.15, 0.2) is 0 Å². The van der Waals surface area contributed by atoms with Crippen LogP contribution in [0, 0.1) is 0 Å². The molecule has 19 heavy (non-hydrogen) atoms. The summed E-state index contributed by atoms with van der Waals surface area (Å²) < 4.78 is 3.05. The van der Waals surface area contributed by atoms with Crippen LogP contribution >= 0.6 is 27.3 Å². The van der Waals surface area contributed by atoms with E-state index in [2.05, 4.69) is 47.0 Å². The van der Waals surface area contributed by atoms with Crippen LogP contribution in [0.25, 0.3) is 0 Å². The van der Waals surface area contributed by atoms with E-state index >= 15 is 0 Å². The minimum Gasteiger partial charge on any atom is -0.323 e. The fourth-order valence-corrected chi connectivity index (χ4v) is 3.87. The Morgan fingerprint density at radius 2 is 2.11 bits per heavy atom. The quantitative estimate of drug-likeness (QED) is 0.902. The molecular weight excluding hydrogens is 322 g/mol. The van der Waals surface area contributed by atoms with Gasteiger partial charge in [-0.15, -0.1) is 11.3 Å². The van der Waals surface area contributed by atoms with Crippen LogP contribution in [0.5, 0.6) is 0 Å². The molecule has 2 aromatic rings. The number of nitrogens with zero attached hydrogens (tertiary/aromatic N) is 2. The van der Waals surface area contributed by atoms with Crippen molar-refractivity contribution in [3.05, 3.63) is 37.7 Å². The Labute approximate surface area is 126 Å². The molecule has 0 amide bonds. The molecule has 0 aliphatic heterocycles. The second-order valence-corrected chi connectivity index (χ2v) is 6.65. The van der Waals surface area contributed by atoms with Gasteiger partial charge in [-0.3, -0.25) is 4.68 Å². The topological polar surface area (TPSA) is 43.8 Å². The summed E-state index contributed by atoms with van der Waals surface area (Å²) in [5.41, 5.74) is 8.61. The molecule has 3 nitrogen and oxygen atoms in total. The molecule has 0 saturated heterocycles. The van der Waals surface area contributed by atoms with Crippen LogP contribution in [0.2, 0.25) is 0 Å². The fraction of sp³-hybridized carbons (Fsp3) is 0.500. The Bertz CT molecular complexity index is 559. The molecule has 0 aliphatic carbocycles. The van der Waals surface area contributed by atoms with Gasteiger partial charge in [-0.05, 0) is 40.9 Å². The van der Waals surface area contributed by atoms with Crippen LogP contribution in [0.15, 0.2) is 16.6 Å². The zero-order valence-electron chi connectivity index (χ0n) is 11.6. The first kappa shape index (κ1) is 14.8. The summed E-state index contributed by atoms with van der Waals surface area (Å²) in [6, 6.07) is 4.37. The van der Waals surface area contributed by atoms with E-state index in [1.165, 1.54) is 15.4 Å². The van der Waals surface area contributed by atoms with Crippen molar-refractivity contribution in [2.45, 2.75) is 39.2 Å². The highest BCUT2D eigenvalue weighted by Gasteiger charge is 2.17. The molecule has 0 saturated carbocycles. The molecule has 0 spiro atoms. The lowest BCUT2D eigenvalue weighted by Crippen LogP contribution is -2.14. The summed E-state index contributed by atoms with van der Waals surface area (Å²) in [5, 5.41) is 4.51. The monoisotopic (exact) mass is 341 g/mol. The zero-order chi connectivity index (χ0) is 14.0. The minimum atomic E-state index is 0.0432. The molecule has 2 heterocycles. The Morgan fingerprint density at radius 3 is 2.63 bits per heavy atom. The highest BCUT2D eigenvalue weighted by molar-refractivity contribution is 9.10. The SMILES string of the molecule is CCc1ccc(C(N)Cc2c(Br)c(CC)nn2C)s1. The van der Waals surface area contributed by atoms with Gasteiger partial charge in [-0.1, -0.05) is 13.8 Å². The van der Waals surface area contributed by atoms with Gasteiger partial charge < -0.3 is 5.73 Å². The van der Waals surface area contributed by atoms with Crippen molar-refractivity contribution in [1.82, 2.24) is 9.78 Å². The highest BCUT2D eigenvalue weighted by atomic mass is 79.9. The molecule has 0 radical (unpaired) electrons. The number of thiophene rings is 1. The first-order valence-electron chi connectivity index (χ1n) is 6.61. The van der Waals surface area contributed by atoms with Gasteiger partial charge in [0.05, 0.1) is 15.9 Å². The van der Waals surface area contributed by atoms with Crippen LogP contribution in [-0.2, 0) is 26.3 Å². The largest absolute Gasteiger partial charge is 0.323 e. The van der Waals surface area contributed by atoms with E-state index in [9.17, 15) is 0 Å². The van der Waals surface area contributed by atoms with Gasteiger partial charge >= 0.3 is 0 Å². The minimum absolute atomic E-state index is 0.0432. The van der Waals surface area contributed by atoms with E-state index in [1.54, 1.807) is 0 Å². The van der Waals surface area contributed by atoms with Crippen LogP contribution in [-0.4, -0.2) is 9.78 Å². The maximum atomic E-state index is 6.33. The first-order chi connectivity index (χ1) is 9.06. The third-order valence-electron chi connectivity index (χ3n) is 3.31. The fourth-order valence-electron chi connectivity index (χ4n) is 2.13. The van der Waals surface area contributed by atoms with Crippen LogP contribution in [0.1, 0.15) is 41.0 Å². The van der Waals surface area contributed by atoms with E-state index in [1.807, 2.05) is 23.1 Å². The Balaban J connectivity index is 2.18. The summed E-state index contributed by atoms with van der Waals surface area (Å²) in [4.78, 5) is 2.65. The van der Waals surface area contributed by atoms with Crippen molar-refractivity contribution in [2.24, 2.45) is 12.8 Å². The second kappa shape index (κ2) is 6.20. The van der Waals surface area contributed by atoms with Gasteiger partial charge in [0.25, 0.3) is 0 Å². The molecule has 5 heteroatoms. The van der Waals surface area contributed by atoms with Crippen molar-refractivity contribution in [2.75, 3.05) is 0 Å². The maximum absolute atomic E-state index is 6.33. The van der Waals surface area contributed by atoms with Gasteiger partial charge in [-0.2, -0.15) is 5.10 Å². The summed E-state index contributed by atoms with van der Waals surface area (Å²) >= 11 is 5.46. The van der Waals surface area contributed by atoms with Gasteiger partial charge in [0.2, 0.25) is 0 Å². The molecule has 104 valence electrons. The van der Waals surface area contributed by atoms with Crippen molar-refractivity contribution < 1.29 is 0 Å². The number of hydrogen-bond acceptors (Lipinski definition) is 3. The maximum Gasteiger partial charge on any atom is 0.0766 e. The average molecular weight is 342 g/mol. The predicted octanol–water partition coefficient (Wildman–Crippen LogP) is 3.61. The number of rotatable bonds is 5. The van der Waals surface area contributed by atoms with Crippen LogP contribution < -0.4 is 5.73 Å². The summed E-state index contributed by atoms with van der Waals surface area (Å²) in [7, 11) is 1.98. The summed E-state index contributed by atoms with van der Waals surface area (Å²) in [6.07, 6.45) is 2.82. The van der Waals surface area contributed by atoms with E-state index in [0.717, 1.165) is 29.4 Å². The first-order valence-corrected chi connectivity index (χ1v) is 8.22. The molecule has 2 aromatic heterocycles. The smallest absolute Gasteiger partial charge is 0.0766 e. The normalized spacial score (nSPS) is 12.9. The standard InChI is InChI=1S/C14H20BrN3S/c1-4-9-6-7-13(19-9)10(16)8-12-14(15)11(5-2)17-18(12)3/h6-7,10H,4-5,8,16H2,1-3H3. The Hall–Kier alpha value is -0.650. The van der Waals surface area contributed by atoms with Crippen molar-refractivity contribution in [1.29, 1.82) is 0 Å². The molecule has 0 aromatic carbocycles. The number of nitrogens with two attached hydrogens (primary N) is 1. The Morgan fingerprint density at radius 1 is 1.37 bits per heavy atom. The van der Waals surface area contributed by atoms with E-state index < -0.39 is 0 Å². The number of hydrogen-bond donors (Lipinski definition) is 1. The molecular formula is C14H20BrN3S. The third kappa shape index (κ3) is 3.09. The van der Waals surface area contributed by atoms with Gasteiger partial charge in [0, 0.05) is 29.3 Å². The van der Waals surface area contributed by atoms with Crippen molar-refractivity contribution >= 4 is 27.3 Å². The molecule has 0 aliphatic rings. The lowest BCUT2D eigenvalue weighted by molar-refractivity contribution is 0.642. The van der Waals surface area contributed by atoms with Gasteiger partial charge in [-0.25, -0.2) is 0 Å². The Kier molecular flexibility index (Phi) is 4.81. The van der Waals surface area contributed by atoms with Crippen molar-refractivity contribution in [3.63, 3.8) is 0 Å². The molecule has 2 N–H and O–H groups in total. The molecule has 2 rings (SSSR count). The summed E-state index contributed by atoms with van der Waals surface area (Å²) in [6.45, 7) is 4.29. The van der Waals surface area contributed by atoms with Gasteiger partial charge in [0.1, 0.15) is 0 Å². The second-order valence-electron chi connectivity index (χ2n) is 4.65. The lowest BCUT2D eigenvalue weighted by atomic mass is 10.1. The molecule has 0 bridgehead atoms. The molecule has 1 unspecified atom stereocenters. The predicted molar refractivity (Wildman–Crippen MR) is 84.6 cm³/mol. The van der Waals surface area contributed by atoms with E-state index in [0.29, 0.717) is 0 Å². The molecule has 0 fully saturated rings. The van der Waals surface area contributed by atoms with Crippen LogP contribution in [0.3, 0.4) is 0 Å². The summed E-state index contributed by atoms with van der Waals surface area (Å²) in [5.74, 6) is 0. The lowest BCUT2D eigenvalue weighted by Gasteiger charge is -2.10. The average Bonchev–Trinajstić information content (AvgIpc) is 2.98. The van der Waals surface area contributed by atoms with E-state index in [-0.39, 0.29) is 6.04 Å². The number of aryl methyl sites for hydroxylation is 3. The number of aromatic nitrogens is 2. The third-order valence-corrected chi connectivity index (χ3v) is 5.59. The van der Waals surface area contributed by atoms with Crippen LogP contribution in [0.4, 0.5) is 0 Å². The number of halogens is 1. The van der Waals surface area contributed by atoms with E-state index in [4.69, 9.17) is 5.73 Å². The highest BCUT2D eigenvalue weighted by Crippen LogP contribution is 2.28. The van der Waals surface area contributed by atoms with Crippen molar-refractivity contribution in [3.8, 4) is 0 Å².